The van der Waals surface area contributed by atoms with Crippen LogP contribution in [0.2, 0.25) is 0 Å². The molecule has 1 atom stereocenters. The molecule has 0 spiro atoms. The van der Waals surface area contributed by atoms with Crippen molar-refractivity contribution in [1.82, 2.24) is 9.88 Å². The predicted molar refractivity (Wildman–Crippen MR) is 59.3 cm³/mol. The van der Waals surface area contributed by atoms with Crippen molar-refractivity contribution in [3.05, 3.63) is 23.5 Å². The van der Waals surface area contributed by atoms with Crippen molar-refractivity contribution < 1.29 is 0 Å². The summed E-state index contributed by atoms with van der Waals surface area (Å²) < 4.78 is 0. The van der Waals surface area contributed by atoms with Gasteiger partial charge >= 0.3 is 0 Å². The number of nitrogens with one attached hydrogen (secondary N) is 1. The van der Waals surface area contributed by atoms with Gasteiger partial charge in [0, 0.05) is 36.9 Å². The molecule has 2 nitrogen and oxygen atoms in total. The Morgan fingerprint density at radius 1 is 1.57 bits per heavy atom. The van der Waals surface area contributed by atoms with Crippen LogP contribution in [-0.2, 0) is 13.0 Å². The quantitative estimate of drug-likeness (QED) is 0.763. The second kappa shape index (κ2) is 3.77. The van der Waals surface area contributed by atoms with Crippen LogP contribution in [0.4, 0.5) is 0 Å². The first-order chi connectivity index (χ1) is 6.72. The zero-order valence-corrected chi connectivity index (χ0v) is 9.38. The van der Waals surface area contributed by atoms with Gasteiger partial charge in [0.2, 0.25) is 0 Å². The van der Waals surface area contributed by atoms with Gasteiger partial charge in [-0.25, -0.2) is 0 Å². The largest absolute Gasteiger partial charge is 0.365 e. The molecule has 0 fully saturated rings. The Labute approximate surface area is 86.3 Å². The van der Waals surface area contributed by atoms with Crippen LogP contribution in [0.25, 0.3) is 0 Å². The molecule has 0 saturated carbocycles. The Hall–Kier alpha value is -0.760. The van der Waals surface area contributed by atoms with Gasteiger partial charge in [-0.15, -0.1) is 0 Å². The molecule has 1 aromatic heterocycles. The molecule has 14 heavy (non-hydrogen) atoms. The van der Waals surface area contributed by atoms with E-state index in [2.05, 4.69) is 42.9 Å². The molecule has 1 aliphatic heterocycles. The van der Waals surface area contributed by atoms with Gasteiger partial charge in [0.15, 0.2) is 0 Å². The first-order valence-corrected chi connectivity index (χ1v) is 5.63. The Morgan fingerprint density at radius 3 is 3.00 bits per heavy atom. The third-order valence-electron chi connectivity index (χ3n) is 3.33. The number of aromatic nitrogens is 1. The molecule has 0 unspecified atom stereocenters. The second-order valence-corrected chi connectivity index (χ2v) is 4.51. The summed E-state index contributed by atoms with van der Waals surface area (Å²) in [7, 11) is 0. The van der Waals surface area contributed by atoms with Crippen LogP contribution in [0.15, 0.2) is 12.3 Å². The molecule has 2 rings (SSSR count). The predicted octanol–water partition coefficient (Wildman–Crippen LogP) is 2.56. The van der Waals surface area contributed by atoms with Gasteiger partial charge < -0.3 is 4.98 Å². The lowest BCUT2D eigenvalue weighted by molar-refractivity contribution is 0.126. The summed E-state index contributed by atoms with van der Waals surface area (Å²) in [5.41, 5.74) is 2.94. The maximum absolute atomic E-state index is 3.35. The van der Waals surface area contributed by atoms with E-state index in [4.69, 9.17) is 0 Å². The van der Waals surface area contributed by atoms with Gasteiger partial charge in [0.05, 0.1) is 0 Å². The Morgan fingerprint density at radius 2 is 2.36 bits per heavy atom. The minimum absolute atomic E-state index is 0.656. The van der Waals surface area contributed by atoms with E-state index in [-0.39, 0.29) is 0 Å². The van der Waals surface area contributed by atoms with E-state index in [9.17, 15) is 0 Å². The average molecular weight is 192 g/mol. The molecule has 0 aromatic carbocycles. The van der Waals surface area contributed by atoms with E-state index in [1.165, 1.54) is 24.1 Å². The van der Waals surface area contributed by atoms with Gasteiger partial charge in [-0.1, -0.05) is 6.92 Å². The van der Waals surface area contributed by atoms with Crippen LogP contribution in [0.3, 0.4) is 0 Å². The number of fused-ring (bicyclic) bond motifs is 1. The second-order valence-electron chi connectivity index (χ2n) is 4.51. The lowest BCUT2D eigenvalue weighted by Crippen LogP contribution is -2.43. The fraction of sp³-hybridized carbons (Fsp3) is 0.667. The van der Waals surface area contributed by atoms with Crippen molar-refractivity contribution in [2.45, 2.75) is 52.2 Å². The first kappa shape index (κ1) is 9.78. The van der Waals surface area contributed by atoms with Crippen molar-refractivity contribution in [3.8, 4) is 0 Å². The van der Waals surface area contributed by atoms with Crippen LogP contribution in [-0.4, -0.2) is 22.0 Å². The van der Waals surface area contributed by atoms with Crippen molar-refractivity contribution >= 4 is 0 Å². The van der Waals surface area contributed by atoms with Crippen LogP contribution >= 0.6 is 0 Å². The highest BCUT2D eigenvalue weighted by molar-refractivity contribution is 5.24. The lowest BCUT2D eigenvalue weighted by atomic mass is 9.97. The summed E-state index contributed by atoms with van der Waals surface area (Å²) in [6.07, 6.45) is 4.51. The summed E-state index contributed by atoms with van der Waals surface area (Å²) in [6.45, 7) is 7.99. The van der Waals surface area contributed by atoms with Gasteiger partial charge in [0.25, 0.3) is 0 Å². The highest BCUT2D eigenvalue weighted by Crippen LogP contribution is 2.25. The van der Waals surface area contributed by atoms with Gasteiger partial charge in [0.1, 0.15) is 0 Å². The normalized spacial score (nSPS) is 22.7. The molecule has 2 heteroatoms. The number of hydrogen-bond acceptors (Lipinski definition) is 1. The number of hydrogen-bond donors (Lipinski definition) is 1. The fourth-order valence-electron chi connectivity index (χ4n) is 2.44. The first-order valence-electron chi connectivity index (χ1n) is 5.63. The third-order valence-corrected chi connectivity index (χ3v) is 3.33. The summed E-state index contributed by atoms with van der Waals surface area (Å²) in [5, 5.41) is 0. The highest BCUT2D eigenvalue weighted by atomic mass is 15.2. The minimum Gasteiger partial charge on any atom is -0.365 e. The van der Waals surface area contributed by atoms with E-state index in [1.54, 1.807) is 0 Å². The number of aromatic amines is 1. The molecule has 0 bridgehead atoms. The molecular formula is C12H20N2. The molecule has 0 radical (unpaired) electrons. The maximum Gasteiger partial charge on any atom is 0.0257 e. The Kier molecular flexibility index (Phi) is 2.64. The van der Waals surface area contributed by atoms with Gasteiger partial charge in [-0.3, -0.25) is 4.90 Å². The molecule has 1 aliphatic rings. The average Bonchev–Trinajstić information content (AvgIpc) is 2.62. The molecule has 2 heterocycles. The van der Waals surface area contributed by atoms with Crippen LogP contribution in [0.1, 0.15) is 38.4 Å². The van der Waals surface area contributed by atoms with Gasteiger partial charge in [-0.2, -0.15) is 0 Å². The molecule has 78 valence electrons. The monoisotopic (exact) mass is 192 g/mol. The molecular weight excluding hydrogens is 172 g/mol. The molecule has 0 saturated heterocycles. The van der Waals surface area contributed by atoms with E-state index in [1.807, 2.05) is 0 Å². The fourth-order valence-corrected chi connectivity index (χ4v) is 2.44. The summed E-state index contributed by atoms with van der Waals surface area (Å²) in [4.78, 5) is 5.96. The smallest absolute Gasteiger partial charge is 0.0257 e. The molecule has 0 aliphatic carbocycles. The van der Waals surface area contributed by atoms with E-state index in [0.717, 1.165) is 12.6 Å². The summed E-state index contributed by atoms with van der Waals surface area (Å²) in [5.74, 6) is 0. The van der Waals surface area contributed by atoms with Crippen molar-refractivity contribution in [1.29, 1.82) is 0 Å². The Bertz CT molecular complexity index is 301. The topological polar surface area (TPSA) is 19.0 Å². The maximum atomic E-state index is 3.35. The van der Waals surface area contributed by atoms with Crippen LogP contribution in [0.5, 0.6) is 0 Å². The van der Waals surface area contributed by atoms with Crippen molar-refractivity contribution in [2.24, 2.45) is 0 Å². The number of rotatable bonds is 2. The van der Waals surface area contributed by atoms with E-state index >= 15 is 0 Å². The zero-order chi connectivity index (χ0) is 10.1. The minimum atomic E-state index is 0.656. The molecule has 0 amide bonds. The van der Waals surface area contributed by atoms with E-state index in [0.29, 0.717) is 6.04 Å². The van der Waals surface area contributed by atoms with Crippen molar-refractivity contribution in [3.63, 3.8) is 0 Å². The van der Waals surface area contributed by atoms with Crippen LogP contribution < -0.4 is 0 Å². The highest BCUT2D eigenvalue weighted by Gasteiger charge is 2.26. The van der Waals surface area contributed by atoms with Crippen molar-refractivity contribution in [2.75, 3.05) is 0 Å². The third kappa shape index (κ3) is 1.59. The lowest BCUT2D eigenvalue weighted by Gasteiger charge is -2.38. The SMILES string of the molecule is CC[C@H]1Cc2[nH]ccc2CN1C(C)C. The molecule has 1 aromatic rings. The van der Waals surface area contributed by atoms with E-state index < -0.39 is 0 Å². The van der Waals surface area contributed by atoms with Crippen LogP contribution in [0, 0.1) is 0 Å². The van der Waals surface area contributed by atoms with Gasteiger partial charge in [-0.05, 0) is 31.9 Å². The summed E-state index contributed by atoms with van der Waals surface area (Å²) in [6, 6.07) is 3.60. The standard InChI is InChI=1S/C12H20N2/c1-4-11-7-12-10(5-6-13-12)8-14(11)9(2)3/h5-6,9,11,13H,4,7-8H2,1-3H3/t11-/m0/s1. The zero-order valence-electron chi connectivity index (χ0n) is 9.38. The molecule has 1 N–H and O–H groups in total. The summed E-state index contributed by atoms with van der Waals surface area (Å²) >= 11 is 0. The number of nitrogens with zero attached hydrogens (tertiary/aromatic N) is 1. The number of H-pyrrole nitrogens is 1. The Balaban J connectivity index is 2.22.